The summed E-state index contributed by atoms with van der Waals surface area (Å²) in [6.07, 6.45) is 2.74. The van der Waals surface area contributed by atoms with E-state index in [4.69, 9.17) is 4.74 Å². The Balaban J connectivity index is 1.50. The van der Waals surface area contributed by atoms with Crippen LogP contribution in [0.5, 0.6) is 5.75 Å². The van der Waals surface area contributed by atoms with Crippen molar-refractivity contribution in [3.63, 3.8) is 0 Å². The number of halogens is 1. The molecule has 0 aliphatic heterocycles. The zero-order chi connectivity index (χ0) is 24.1. The number of aromatic nitrogens is 1. The van der Waals surface area contributed by atoms with Gasteiger partial charge >= 0.3 is 0 Å². The highest BCUT2D eigenvalue weighted by atomic mass is 79.9. The van der Waals surface area contributed by atoms with Crippen molar-refractivity contribution in [2.45, 2.75) is 6.61 Å². The predicted octanol–water partition coefficient (Wildman–Crippen LogP) is 5.78. The smallest absolute Gasteiger partial charge is 0.265 e. The molecule has 0 bridgehead atoms. The zero-order valence-electron chi connectivity index (χ0n) is 18.0. The van der Waals surface area contributed by atoms with Gasteiger partial charge in [-0.25, -0.2) is 8.42 Å². The van der Waals surface area contributed by atoms with Gasteiger partial charge in [-0.1, -0.05) is 46.3 Å². The van der Waals surface area contributed by atoms with Gasteiger partial charge in [0, 0.05) is 27.3 Å². The maximum absolute atomic E-state index is 12.9. The molecule has 0 aliphatic carbocycles. The van der Waals surface area contributed by atoms with Crippen molar-refractivity contribution in [1.29, 1.82) is 0 Å². The summed E-state index contributed by atoms with van der Waals surface area (Å²) in [5.41, 5.74) is 3.25. The molecule has 0 aliphatic rings. The highest BCUT2D eigenvalue weighted by Crippen LogP contribution is 2.32. The number of nitrogens with zero attached hydrogens (tertiary/aromatic N) is 1. The second kappa shape index (κ2) is 10.4. The zero-order valence-corrected chi connectivity index (χ0v) is 21.2. The Morgan fingerprint density at radius 2 is 1.82 bits per heavy atom. The van der Waals surface area contributed by atoms with E-state index in [1.54, 1.807) is 36.5 Å². The monoisotopic (exact) mass is 557 g/mol. The van der Waals surface area contributed by atoms with Crippen LogP contribution in [0.1, 0.15) is 15.2 Å². The van der Waals surface area contributed by atoms with E-state index in [0.717, 1.165) is 17.4 Å². The molecule has 0 fully saturated rings. The van der Waals surface area contributed by atoms with E-state index >= 15 is 0 Å². The first-order valence-electron chi connectivity index (χ1n) is 10.1. The average molecular weight is 558 g/mol. The Bertz CT molecular complexity index is 1420. The van der Waals surface area contributed by atoms with E-state index in [9.17, 15) is 13.2 Å². The molecule has 0 atom stereocenters. The van der Waals surface area contributed by atoms with Crippen LogP contribution in [-0.2, 0) is 16.6 Å². The predicted molar refractivity (Wildman–Crippen MR) is 139 cm³/mol. The number of hydrogen-bond acceptors (Lipinski definition) is 6. The number of amides is 1. The molecule has 2 heterocycles. The first-order valence-corrected chi connectivity index (χ1v) is 13.6. The molecule has 0 saturated carbocycles. The van der Waals surface area contributed by atoms with Crippen LogP contribution in [0.4, 0.5) is 11.4 Å². The molecule has 10 heteroatoms. The molecule has 7 nitrogen and oxygen atoms in total. The minimum atomic E-state index is -3.45. The summed E-state index contributed by atoms with van der Waals surface area (Å²) in [4.78, 5) is 17.8. The molecular formula is C24H20BrN3O4S2. The van der Waals surface area contributed by atoms with Gasteiger partial charge in [0.2, 0.25) is 10.0 Å². The number of anilines is 2. The van der Waals surface area contributed by atoms with Gasteiger partial charge in [-0.3, -0.25) is 14.5 Å². The van der Waals surface area contributed by atoms with Crippen molar-refractivity contribution in [3.8, 4) is 17.0 Å². The summed E-state index contributed by atoms with van der Waals surface area (Å²) in [6, 6.07) is 20.1. The number of ether oxygens (including phenoxy) is 1. The van der Waals surface area contributed by atoms with Crippen LogP contribution in [-0.4, -0.2) is 25.6 Å². The van der Waals surface area contributed by atoms with E-state index in [-0.39, 0.29) is 5.91 Å². The summed E-state index contributed by atoms with van der Waals surface area (Å²) in [5.74, 6) is 0.307. The van der Waals surface area contributed by atoms with Gasteiger partial charge in [-0.05, 0) is 42.0 Å². The van der Waals surface area contributed by atoms with Crippen LogP contribution in [0, 0.1) is 0 Å². The van der Waals surface area contributed by atoms with E-state index in [1.165, 1.54) is 11.3 Å². The number of sulfonamides is 1. The third-order valence-corrected chi connectivity index (χ3v) is 6.56. The fourth-order valence-corrected chi connectivity index (χ4v) is 4.99. The summed E-state index contributed by atoms with van der Waals surface area (Å²) in [7, 11) is -3.45. The van der Waals surface area contributed by atoms with Crippen molar-refractivity contribution in [2.75, 3.05) is 16.3 Å². The molecule has 0 radical (unpaired) electrons. The van der Waals surface area contributed by atoms with Crippen LogP contribution in [0.25, 0.3) is 11.3 Å². The first kappa shape index (κ1) is 23.9. The van der Waals surface area contributed by atoms with Gasteiger partial charge in [-0.15, -0.1) is 11.3 Å². The quantitative estimate of drug-likeness (QED) is 0.286. The van der Waals surface area contributed by atoms with Gasteiger partial charge in [0.25, 0.3) is 5.91 Å². The Morgan fingerprint density at radius 1 is 1.06 bits per heavy atom. The molecule has 1 amide bonds. The molecule has 0 saturated heterocycles. The van der Waals surface area contributed by atoms with Crippen LogP contribution in [0.3, 0.4) is 0 Å². The number of rotatable bonds is 8. The lowest BCUT2D eigenvalue weighted by Crippen LogP contribution is -2.12. The lowest BCUT2D eigenvalue weighted by atomic mass is 10.2. The third-order valence-electron chi connectivity index (χ3n) is 4.56. The molecule has 4 rings (SSSR count). The fourth-order valence-electron chi connectivity index (χ4n) is 3.17. The SMILES string of the molecule is CS(=O)(=O)Nc1cc(Br)cc(NC(=O)c2cc(-c3ncccc3OCc3ccccc3)cs2)c1. The Hall–Kier alpha value is -3.21. The number of carbonyl (C=O) groups is 1. The molecule has 2 N–H and O–H groups in total. The number of hydrogen-bond donors (Lipinski definition) is 2. The molecule has 0 unspecified atom stereocenters. The lowest BCUT2D eigenvalue weighted by Gasteiger charge is -2.10. The van der Waals surface area contributed by atoms with Crippen molar-refractivity contribution >= 4 is 54.6 Å². The van der Waals surface area contributed by atoms with Crippen LogP contribution < -0.4 is 14.8 Å². The van der Waals surface area contributed by atoms with Gasteiger partial charge in [0.05, 0.1) is 16.8 Å². The lowest BCUT2D eigenvalue weighted by molar-refractivity contribution is 0.103. The number of thiophene rings is 1. The summed E-state index contributed by atoms with van der Waals surface area (Å²) in [6.45, 7) is 0.406. The topological polar surface area (TPSA) is 97.4 Å². The summed E-state index contributed by atoms with van der Waals surface area (Å²) in [5, 5.41) is 4.66. The van der Waals surface area contributed by atoms with Gasteiger partial charge < -0.3 is 10.1 Å². The van der Waals surface area contributed by atoms with Crippen LogP contribution in [0.2, 0.25) is 0 Å². The molecule has 4 aromatic rings. The third kappa shape index (κ3) is 6.43. The number of carbonyl (C=O) groups excluding carboxylic acids is 1. The van der Waals surface area contributed by atoms with Crippen molar-refractivity contribution in [2.24, 2.45) is 0 Å². The average Bonchev–Trinajstić information content (AvgIpc) is 3.27. The van der Waals surface area contributed by atoms with Crippen molar-refractivity contribution in [1.82, 2.24) is 4.98 Å². The molecular weight excluding hydrogens is 538 g/mol. The highest BCUT2D eigenvalue weighted by molar-refractivity contribution is 9.10. The number of nitrogens with one attached hydrogen (secondary N) is 2. The second-order valence-corrected chi connectivity index (χ2v) is 11.0. The van der Waals surface area contributed by atoms with Crippen LogP contribution in [0.15, 0.2) is 82.8 Å². The highest BCUT2D eigenvalue weighted by Gasteiger charge is 2.15. The van der Waals surface area contributed by atoms with E-state index in [2.05, 4.69) is 31.0 Å². The van der Waals surface area contributed by atoms with E-state index < -0.39 is 10.0 Å². The molecule has 174 valence electrons. The minimum absolute atomic E-state index is 0.317. The normalized spacial score (nSPS) is 11.1. The Kier molecular flexibility index (Phi) is 7.30. The van der Waals surface area contributed by atoms with E-state index in [0.29, 0.717) is 38.8 Å². The Morgan fingerprint density at radius 3 is 2.59 bits per heavy atom. The second-order valence-electron chi connectivity index (χ2n) is 7.38. The maximum Gasteiger partial charge on any atom is 0.265 e. The van der Waals surface area contributed by atoms with Gasteiger partial charge in [0.1, 0.15) is 18.1 Å². The van der Waals surface area contributed by atoms with Crippen molar-refractivity contribution < 1.29 is 17.9 Å². The molecule has 0 spiro atoms. The van der Waals surface area contributed by atoms with Gasteiger partial charge in [-0.2, -0.15) is 0 Å². The Labute approximate surface area is 210 Å². The molecule has 2 aromatic heterocycles. The maximum atomic E-state index is 12.9. The van der Waals surface area contributed by atoms with Gasteiger partial charge in [0.15, 0.2) is 0 Å². The standard InChI is InChI=1S/C24H20BrN3O4S2/c1-34(30,31)28-20-12-18(25)11-19(13-20)27-24(29)22-10-17(15-33-22)23-21(8-5-9-26-23)32-14-16-6-3-2-4-7-16/h2-13,15,28H,14H2,1H3,(H,27,29). The summed E-state index contributed by atoms with van der Waals surface area (Å²) >= 11 is 4.62. The molecule has 2 aromatic carbocycles. The number of benzene rings is 2. The minimum Gasteiger partial charge on any atom is -0.487 e. The first-order chi connectivity index (χ1) is 16.3. The van der Waals surface area contributed by atoms with Crippen LogP contribution >= 0.6 is 27.3 Å². The van der Waals surface area contributed by atoms with Crippen molar-refractivity contribution in [3.05, 3.63) is 93.2 Å². The summed E-state index contributed by atoms with van der Waals surface area (Å²) < 4.78 is 32.1. The molecule has 34 heavy (non-hydrogen) atoms. The number of pyridine rings is 1. The fraction of sp³-hybridized carbons (Fsp3) is 0.0833. The van der Waals surface area contributed by atoms with E-state index in [1.807, 2.05) is 41.8 Å². The largest absolute Gasteiger partial charge is 0.487 e.